The summed E-state index contributed by atoms with van der Waals surface area (Å²) in [5, 5.41) is 82.0. The van der Waals surface area contributed by atoms with Crippen molar-refractivity contribution in [2.75, 3.05) is 85.3 Å². The van der Waals surface area contributed by atoms with Crippen molar-refractivity contribution in [2.24, 2.45) is 0 Å². The SMILES string of the molecule is COc1cc(C)cc(O)c1.COc1cc(O)cc(O)c1.COc1cc(O)cc(OC)c1.COc1ccc(C(C)=O)c(O)c1.COc1ccc(C(C)=O)c(O)c1OC.COc1ccc(O)cc1OC.COc1cccc(O)c1.COc1cccc(O)c1OC. The summed E-state index contributed by atoms with van der Waals surface area (Å²) in [6.07, 6.45) is 0. The number of rotatable bonds is 14. The van der Waals surface area contributed by atoms with Crippen molar-refractivity contribution in [1.29, 1.82) is 0 Å². The van der Waals surface area contributed by atoms with E-state index >= 15 is 0 Å². The van der Waals surface area contributed by atoms with Crippen LogP contribution in [0.1, 0.15) is 40.1 Å². The minimum absolute atomic E-state index is 0.00292. The molecule has 0 heterocycles. The third kappa shape index (κ3) is 26.6. The molecule has 0 aliphatic rings. The summed E-state index contributed by atoms with van der Waals surface area (Å²) in [7, 11) is 18.1. The zero-order valence-electron chi connectivity index (χ0n) is 51.6. The fourth-order valence-electron chi connectivity index (χ4n) is 6.76. The molecule has 0 fully saturated rings. The van der Waals surface area contributed by atoms with Gasteiger partial charge in [0.15, 0.2) is 46.1 Å². The molecule has 0 saturated heterocycles. The zero-order chi connectivity index (χ0) is 66.5. The lowest BCUT2D eigenvalue weighted by Crippen LogP contribution is -1.97. The number of ketones is 2. The van der Waals surface area contributed by atoms with E-state index in [9.17, 15) is 24.9 Å². The number of phenols is 9. The maximum absolute atomic E-state index is 11.1. The number of methoxy groups -OCH3 is 12. The lowest BCUT2D eigenvalue weighted by Gasteiger charge is -2.10. The molecule has 0 radical (unpaired) electrons. The van der Waals surface area contributed by atoms with Gasteiger partial charge >= 0.3 is 0 Å². The van der Waals surface area contributed by atoms with E-state index in [-0.39, 0.29) is 74.6 Å². The highest BCUT2D eigenvalue weighted by Crippen LogP contribution is 2.39. The van der Waals surface area contributed by atoms with Crippen molar-refractivity contribution in [1.82, 2.24) is 0 Å². The third-order valence-corrected chi connectivity index (χ3v) is 11.0. The molecule has 0 amide bonds. The van der Waals surface area contributed by atoms with E-state index in [4.69, 9.17) is 87.5 Å². The minimum Gasteiger partial charge on any atom is -0.508 e. The molecule has 8 rings (SSSR count). The summed E-state index contributed by atoms with van der Waals surface area (Å²) < 4.78 is 58.8. The molecule has 23 heteroatoms. The van der Waals surface area contributed by atoms with Crippen molar-refractivity contribution in [3.63, 3.8) is 0 Å². The van der Waals surface area contributed by atoms with E-state index in [1.54, 1.807) is 106 Å². The Balaban J connectivity index is 0.000000504. The Hall–Kier alpha value is -11.1. The fraction of sp³-hybridized carbons (Fsp3) is 0.231. The molecule has 0 aliphatic carbocycles. The number of Topliss-reactive ketones (excluding diaryl/α,β-unsaturated/α-hetero) is 2. The van der Waals surface area contributed by atoms with Crippen LogP contribution in [0.5, 0.6) is 121 Å². The van der Waals surface area contributed by atoms with Gasteiger partial charge in [0.25, 0.3) is 0 Å². The van der Waals surface area contributed by atoms with Crippen LogP contribution in [0.4, 0.5) is 0 Å². The van der Waals surface area contributed by atoms with Crippen LogP contribution in [0.15, 0.2) is 146 Å². The van der Waals surface area contributed by atoms with Gasteiger partial charge in [0.1, 0.15) is 74.7 Å². The molecule has 88 heavy (non-hydrogen) atoms. The van der Waals surface area contributed by atoms with Crippen LogP contribution in [-0.2, 0) is 0 Å². The van der Waals surface area contributed by atoms with E-state index in [0.717, 1.165) is 5.56 Å². The van der Waals surface area contributed by atoms with Gasteiger partial charge in [-0.05, 0) is 99.1 Å². The minimum atomic E-state index is -0.219. The number of aryl methyl sites for hydroxylation is 1. The predicted molar refractivity (Wildman–Crippen MR) is 330 cm³/mol. The highest BCUT2D eigenvalue weighted by molar-refractivity contribution is 5.98. The Morgan fingerprint density at radius 1 is 0.284 bits per heavy atom. The van der Waals surface area contributed by atoms with Crippen molar-refractivity contribution >= 4 is 11.6 Å². The average molecular weight is 1230 g/mol. The van der Waals surface area contributed by atoms with Gasteiger partial charge in [0.2, 0.25) is 11.5 Å². The van der Waals surface area contributed by atoms with Gasteiger partial charge in [0.05, 0.1) is 96.4 Å². The first kappa shape index (κ1) is 74.9. The Kier molecular flexibility index (Phi) is 34.2. The second kappa shape index (κ2) is 40.2. The smallest absolute Gasteiger partial charge is 0.203 e. The zero-order valence-corrected chi connectivity index (χ0v) is 51.6. The monoisotopic (exact) mass is 1230 g/mol. The average Bonchev–Trinajstić information content (AvgIpc) is 3.22. The first-order chi connectivity index (χ1) is 41.8. The molecule has 476 valence electrons. The van der Waals surface area contributed by atoms with Crippen LogP contribution in [0.2, 0.25) is 0 Å². The van der Waals surface area contributed by atoms with E-state index in [1.165, 1.54) is 132 Å². The Morgan fingerprint density at radius 3 is 1.10 bits per heavy atom. The fourth-order valence-corrected chi connectivity index (χ4v) is 6.76. The van der Waals surface area contributed by atoms with Gasteiger partial charge < -0.3 is 103 Å². The summed E-state index contributed by atoms with van der Waals surface area (Å²) in [6.45, 7) is 4.69. The van der Waals surface area contributed by atoms with Crippen molar-refractivity contribution < 1.29 is 112 Å². The molecule has 0 bridgehead atoms. The molecule has 0 saturated carbocycles. The second-order valence-corrected chi connectivity index (χ2v) is 17.1. The number of hydrogen-bond acceptors (Lipinski definition) is 23. The number of hydrogen-bond donors (Lipinski definition) is 9. The molecular formula is C65H78O23. The predicted octanol–water partition coefficient (Wildman–Crippen LogP) is 11.7. The molecule has 8 aromatic carbocycles. The molecule has 0 atom stereocenters. The van der Waals surface area contributed by atoms with E-state index in [0.29, 0.717) is 68.8 Å². The van der Waals surface area contributed by atoms with Crippen LogP contribution >= 0.6 is 0 Å². The number of para-hydroxylation sites is 1. The van der Waals surface area contributed by atoms with Crippen LogP contribution < -0.4 is 56.8 Å². The molecule has 0 aromatic heterocycles. The standard InChI is InChI=1S/C10H12O4.C9H10O3.3C8H10O3.C8H10O2.C7H8O3.C7H8O2/c1-6(11)7-4-5-8(13-2)10(14-3)9(7)12;1-6(10)8-4-3-7(12-2)5-9(8)11;1-10-7-3-6(9)4-8(5-7)11-2;1-10-7-4-3-6(9)5-8(7)11-2;1-10-7-5-3-4-6(9)8(7)11-2;1-6-3-7(9)5-8(4-6)10-2;1-10-7-3-5(8)2-6(9)4-7;1-9-7-4-2-3-6(8)5-7/h4-5,12H,1-3H3;3-5,11H,1-2H3;3*3-5,9H,1-2H3;3-5,9H,1-2H3;2-4,8-9H,1H3;2-5,8H,1H3. The quantitative estimate of drug-likeness (QED) is 0.0457. The van der Waals surface area contributed by atoms with E-state index < -0.39 is 0 Å². The largest absolute Gasteiger partial charge is 0.508 e. The normalized spacial score (nSPS) is 9.35. The molecule has 23 nitrogen and oxygen atoms in total. The summed E-state index contributed by atoms with van der Waals surface area (Å²) in [4.78, 5) is 21.9. The molecule has 8 aromatic rings. The van der Waals surface area contributed by atoms with Crippen LogP contribution in [0.3, 0.4) is 0 Å². The van der Waals surface area contributed by atoms with E-state index in [1.807, 2.05) is 13.0 Å². The van der Waals surface area contributed by atoms with Crippen molar-refractivity contribution in [3.8, 4) is 121 Å². The van der Waals surface area contributed by atoms with Crippen LogP contribution in [0, 0.1) is 6.92 Å². The van der Waals surface area contributed by atoms with Crippen LogP contribution in [-0.4, -0.2) is 143 Å². The number of carbonyl (C=O) groups excluding carboxylic acids is 2. The van der Waals surface area contributed by atoms with Gasteiger partial charge in [-0.1, -0.05) is 12.1 Å². The van der Waals surface area contributed by atoms with Crippen LogP contribution in [0.25, 0.3) is 0 Å². The summed E-state index contributed by atoms with van der Waals surface area (Å²) in [5.74, 6) is 6.43. The summed E-state index contributed by atoms with van der Waals surface area (Å²) in [6, 6.07) is 37.9. The first-order valence-electron chi connectivity index (χ1n) is 25.7. The Labute approximate surface area is 511 Å². The molecule has 0 spiro atoms. The number of aromatic hydroxyl groups is 9. The van der Waals surface area contributed by atoms with Gasteiger partial charge in [0, 0.05) is 60.7 Å². The maximum Gasteiger partial charge on any atom is 0.203 e. The van der Waals surface area contributed by atoms with Gasteiger partial charge in [-0.3, -0.25) is 9.59 Å². The van der Waals surface area contributed by atoms with Gasteiger partial charge in [-0.2, -0.15) is 0 Å². The second-order valence-electron chi connectivity index (χ2n) is 17.1. The van der Waals surface area contributed by atoms with Crippen molar-refractivity contribution in [3.05, 3.63) is 162 Å². The number of carbonyl (C=O) groups is 2. The molecule has 9 N–H and O–H groups in total. The highest BCUT2D eigenvalue weighted by atomic mass is 16.5. The lowest BCUT2D eigenvalue weighted by molar-refractivity contribution is 0.100. The molecular weight excluding hydrogens is 1150 g/mol. The van der Waals surface area contributed by atoms with Gasteiger partial charge in [-0.25, -0.2) is 0 Å². The van der Waals surface area contributed by atoms with E-state index in [2.05, 4.69) is 0 Å². The number of ether oxygens (including phenoxy) is 12. The Bertz CT molecular complexity index is 3270. The first-order valence-corrected chi connectivity index (χ1v) is 25.7. The summed E-state index contributed by atoms with van der Waals surface area (Å²) >= 11 is 0. The third-order valence-electron chi connectivity index (χ3n) is 11.0. The Morgan fingerprint density at radius 2 is 0.682 bits per heavy atom. The summed E-state index contributed by atoms with van der Waals surface area (Å²) in [5.41, 5.74) is 1.54. The highest BCUT2D eigenvalue weighted by Gasteiger charge is 2.16. The van der Waals surface area contributed by atoms with Crippen molar-refractivity contribution in [2.45, 2.75) is 20.8 Å². The molecule has 0 unspecified atom stereocenters. The maximum atomic E-state index is 11.1. The number of benzene rings is 8. The van der Waals surface area contributed by atoms with Gasteiger partial charge in [-0.15, -0.1) is 0 Å². The topological polar surface area (TPSA) is 327 Å². The molecule has 0 aliphatic heterocycles. The lowest BCUT2D eigenvalue weighted by atomic mass is 10.1. The number of phenolic OH excluding ortho intramolecular Hbond substituents is 9.